The van der Waals surface area contributed by atoms with Crippen LogP contribution < -0.4 is 0 Å². The molecule has 2 atom stereocenters. The normalized spacial score (nSPS) is 26.6. The number of hydrogen-bond acceptors (Lipinski definition) is 5. The minimum Gasteiger partial charge on any atom is -0.389 e. The average molecular weight is 342 g/mol. The number of β-amino-alcohol motifs (C(OH)–C–C–N with tert-alkyl or cyclic N) is 2. The maximum atomic E-state index is 12.2. The number of thiophene rings is 1. The molecule has 0 saturated carbocycles. The third kappa shape index (κ3) is 2.42. The average Bonchev–Trinajstić information content (AvgIpc) is 2.74. The highest BCUT2D eigenvalue weighted by atomic mass is 79.9. The Kier molecular flexibility index (Phi) is 3.64. The molecule has 0 amide bonds. The van der Waals surface area contributed by atoms with Crippen LogP contribution in [0.5, 0.6) is 0 Å². The molecule has 0 aromatic carbocycles. The van der Waals surface area contributed by atoms with Crippen LogP contribution >= 0.6 is 27.3 Å². The van der Waals surface area contributed by atoms with E-state index in [9.17, 15) is 18.6 Å². The van der Waals surface area contributed by atoms with E-state index in [-0.39, 0.29) is 17.3 Å². The number of aliphatic hydroxyl groups excluding tert-OH is 2. The van der Waals surface area contributed by atoms with E-state index in [1.54, 1.807) is 6.07 Å². The molecule has 1 saturated heterocycles. The number of sulfonamides is 1. The first kappa shape index (κ1) is 13.4. The molecule has 2 heterocycles. The fraction of sp³-hybridized carbons (Fsp3) is 0.556. The van der Waals surface area contributed by atoms with Gasteiger partial charge >= 0.3 is 0 Å². The molecule has 1 fully saturated rings. The van der Waals surface area contributed by atoms with Crippen molar-refractivity contribution in [1.29, 1.82) is 0 Å². The van der Waals surface area contributed by atoms with E-state index in [4.69, 9.17) is 0 Å². The molecule has 1 aromatic heterocycles. The van der Waals surface area contributed by atoms with Gasteiger partial charge in [0, 0.05) is 13.1 Å². The maximum absolute atomic E-state index is 12.2. The van der Waals surface area contributed by atoms with Crippen LogP contribution in [0.4, 0.5) is 0 Å². The molecule has 5 nitrogen and oxygen atoms in total. The molecule has 0 spiro atoms. The number of rotatable bonds is 2. The molecule has 2 N–H and O–H groups in total. The third-order valence-corrected chi connectivity index (χ3v) is 7.07. The summed E-state index contributed by atoms with van der Waals surface area (Å²) in [7, 11) is -3.60. The van der Waals surface area contributed by atoms with Gasteiger partial charge < -0.3 is 10.2 Å². The Morgan fingerprint density at radius 3 is 2.35 bits per heavy atom. The van der Waals surface area contributed by atoms with Gasteiger partial charge in [-0.2, -0.15) is 4.31 Å². The molecule has 0 aliphatic carbocycles. The molecule has 96 valence electrons. The van der Waals surface area contributed by atoms with Gasteiger partial charge in [-0.05, 0) is 34.5 Å². The molecule has 0 unspecified atom stereocenters. The van der Waals surface area contributed by atoms with Gasteiger partial charge in [-0.3, -0.25) is 0 Å². The Hall–Kier alpha value is 0.01000. The largest absolute Gasteiger partial charge is 0.389 e. The summed E-state index contributed by atoms with van der Waals surface area (Å²) in [6, 6.07) is 1.58. The molecule has 0 bridgehead atoms. The monoisotopic (exact) mass is 341 g/mol. The molecule has 1 aromatic rings. The van der Waals surface area contributed by atoms with E-state index in [2.05, 4.69) is 15.9 Å². The zero-order valence-corrected chi connectivity index (χ0v) is 12.2. The first-order valence-electron chi connectivity index (χ1n) is 4.94. The first-order valence-corrected chi connectivity index (χ1v) is 7.99. The highest BCUT2D eigenvalue weighted by molar-refractivity contribution is 9.11. The highest BCUT2D eigenvalue weighted by Crippen LogP contribution is 2.33. The second kappa shape index (κ2) is 4.60. The van der Waals surface area contributed by atoms with Gasteiger partial charge in [-0.1, -0.05) is 0 Å². The zero-order chi connectivity index (χ0) is 12.8. The summed E-state index contributed by atoms with van der Waals surface area (Å²) in [6.45, 7) is 1.70. The fourth-order valence-corrected chi connectivity index (χ4v) is 5.47. The SMILES string of the molecule is Cc1cc(S(=O)(=O)N2C[C@@H](O)[C@@H](O)C2)sc1Br. The van der Waals surface area contributed by atoms with Crippen molar-refractivity contribution in [3.8, 4) is 0 Å². The lowest BCUT2D eigenvalue weighted by molar-refractivity contribution is 0.0572. The Labute approximate surface area is 112 Å². The van der Waals surface area contributed by atoms with Crippen LogP contribution in [0.2, 0.25) is 0 Å². The minimum atomic E-state index is -3.60. The first-order chi connectivity index (χ1) is 7.82. The Balaban J connectivity index is 2.31. The number of aliphatic hydroxyl groups is 2. The van der Waals surface area contributed by atoms with Crippen molar-refractivity contribution < 1.29 is 18.6 Å². The van der Waals surface area contributed by atoms with Crippen LogP contribution in [0, 0.1) is 6.92 Å². The van der Waals surface area contributed by atoms with Gasteiger partial charge in [-0.25, -0.2) is 8.42 Å². The van der Waals surface area contributed by atoms with Crippen molar-refractivity contribution in [3.63, 3.8) is 0 Å². The second-order valence-corrected chi connectivity index (χ2v) is 8.51. The van der Waals surface area contributed by atoms with E-state index < -0.39 is 22.2 Å². The van der Waals surface area contributed by atoms with E-state index in [1.165, 1.54) is 0 Å². The van der Waals surface area contributed by atoms with Crippen LogP contribution in [-0.4, -0.2) is 48.2 Å². The topological polar surface area (TPSA) is 77.8 Å². The van der Waals surface area contributed by atoms with Crippen molar-refractivity contribution in [3.05, 3.63) is 15.4 Å². The minimum absolute atomic E-state index is 0.0575. The fourth-order valence-electron chi connectivity index (χ4n) is 1.62. The summed E-state index contributed by atoms with van der Waals surface area (Å²) in [5.41, 5.74) is 0.855. The zero-order valence-electron chi connectivity index (χ0n) is 9.00. The molecule has 2 rings (SSSR count). The van der Waals surface area contributed by atoms with Crippen molar-refractivity contribution in [2.75, 3.05) is 13.1 Å². The predicted molar refractivity (Wildman–Crippen MR) is 67.5 cm³/mol. The lowest BCUT2D eigenvalue weighted by atomic mass is 10.3. The molecule has 8 heteroatoms. The van der Waals surface area contributed by atoms with E-state index in [0.29, 0.717) is 0 Å². The summed E-state index contributed by atoms with van der Waals surface area (Å²) in [4.78, 5) is 0. The highest BCUT2D eigenvalue weighted by Gasteiger charge is 2.38. The maximum Gasteiger partial charge on any atom is 0.252 e. The van der Waals surface area contributed by atoms with Crippen molar-refractivity contribution in [2.24, 2.45) is 0 Å². The Morgan fingerprint density at radius 2 is 1.94 bits per heavy atom. The summed E-state index contributed by atoms with van der Waals surface area (Å²) < 4.78 is 26.5. The molecular formula is C9H12BrNO4S2. The lowest BCUT2D eigenvalue weighted by Gasteiger charge is -2.13. The van der Waals surface area contributed by atoms with E-state index in [1.807, 2.05) is 6.92 Å². The number of halogens is 1. The van der Waals surface area contributed by atoms with Gasteiger partial charge in [0.15, 0.2) is 0 Å². The van der Waals surface area contributed by atoms with E-state index >= 15 is 0 Å². The molecule has 1 aliphatic heterocycles. The Morgan fingerprint density at radius 1 is 1.41 bits per heavy atom. The number of aryl methyl sites for hydroxylation is 1. The van der Waals surface area contributed by atoms with Crippen LogP contribution in [0.1, 0.15) is 5.56 Å². The molecule has 0 radical (unpaired) electrons. The summed E-state index contributed by atoms with van der Waals surface area (Å²) in [5, 5.41) is 18.8. The standard InChI is InChI=1S/C9H12BrNO4S2/c1-5-2-8(16-9(5)10)17(14,15)11-3-6(12)7(13)4-11/h2,6-7,12-13H,3-4H2,1H3/t6-,7+. The van der Waals surface area contributed by atoms with Gasteiger partial charge in [0.25, 0.3) is 10.0 Å². The van der Waals surface area contributed by atoms with Crippen molar-refractivity contribution >= 4 is 37.3 Å². The van der Waals surface area contributed by atoms with Crippen molar-refractivity contribution in [2.45, 2.75) is 23.3 Å². The Bertz CT molecular complexity index is 498. The molecular weight excluding hydrogens is 330 g/mol. The number of nitrogens with zero attached hydrogens (tertiary/aromatic N) is 1. The van der Waals surface area contributed by atoms with Gasteiger partial charge in [-0.15, -0.1) is 11.3 Å². The molecule has 17 heavy (non-hydrogen) atoms. The molecule has 1 aliphatic rings. The quantitative estimate of drug-likeness (QED) is 0.823. The summed E-state index contributed by atoms with van der Waals surface area (Å²) in [5.74, 6) is 0. The predicted octanol–water partition coefficient (Wildman–Crippen LogP) is 0.545. The van der Waals surface area contributed by atoms with Crippen LogP contribution in [0.15, 0.2) is 14.1 Å². The lowest BCUT2D eigenvalue weighted by Crippen LogP contribution is -2.29. The van der Waals surface area contributed by atoms with Gasteiger partial charge in [0.05, 0.1) is 16.0 Å². The smallest absolute Gasteiger partial charge is 0.252 e. The van der Waals surface area contributed by atoms with Gasteiger partial charge in [0.2, 0.25) is 0 Å². The summed E-state index contributed by atoms with van der Waals surface area (Å²) >= 11 is 4.41. The number of hydrogen-bond donors (Lipinski definition) is 2. The van der Waals surface area contributed by atoms with Crippen LogP contribution in [-0.2, 0) is 10.0 Å². The van der Waals surface area contributed by atoms with E-state index in [0.717, 1.165) is 25.0 Å². The third-order valence-electron chi connectivity index (χ3n) is 2.65. The van der Waals surface area contributed by atoms with Crippen molar-refractivity contribution in [1.82, 2.24) is 4.31 Å². The van der Waals surface area contributed by atoms with Crippen LogP contribution in [0.3, 0.4) is 0 Å². The summed E-state index contributed by atoms with van der Waals surface area (Å²) in [6.07, 6.45) is -2.01. The second-order valence-electron chi connectivity index (χ2n) is 3.98. The van der Waals surface area contributed by atoms with Gasteiger partial charge in [0.1, 0.15) is 4.21 Å². The van der Waals surface area contributed by atoms with Crippen LogP contribution in [0.25, 0.3) is 0 Å².